The van der Waals surface area contributed by atoms with Crippen molar-refractivity contribution < 1.29 is 13.9 Å². The van der Waals surface area contributed by atoms with Gasteiger partial charge in [0.05, 0.1) is 11.8 Å². The molecule has 0 atom stereocenters. The van der Waals surface area contributed by atoms with Gasteiger partial charge in [0.2, 0.25) is 0 Å². The molecule has 0 saturated carbocycles. The average Bonchev–Trinajstić information content (AvgIpc) is 3.16. The molecule has 1 aromatic carbocycles. The Balaban J connectivity index is 1.34. The zero-order valence-electron chi connectivity index (χ0n) is 13.9. The number of nitrogens with one attached hydrogen (secondary N) is 2. The lowest BCUT2D eigenvalue weighted by atomic mass is 10.1. The van der Waals surface area contributed by atoms with Gasteiger partial charge in [-0.1, -0.05) is 24.3 Å². The minimum Gasteiger partial charge on any atom is -0.467 e. The maximum atomic E-state index is 11.9. The largest absolute Gasteiger partial charge is 0.467 e. The fraction of sp³-hybridized carbons (Fsp3) is 0.263. The molecule has 3 rings (SSSR count). The van der Waals surface area contributed by atoms with Crippen molar-refractivity contribution in [3.05, 3.63) is 66.2 Å². The molecule has 0 radical (unpaired) electrons. The van der Waals surface area contributed by atoms with Crippen LogP contribution in [0.2, 0.25) is 0 Å². The molecule has 25 heavy (non-hydrogen) atoms. The summed E-state index contributed by atoms with van der Waals surface area (Å²) >= 11 is 0. The Bertz CT molecular complexity index is 797. The summed E-state index contributed by atoms with van der Waals surface area (Å²) < 4.78 is 10.6. The number of carbonyl (C=O) groups is 1. The van der Waals surface area contributed by atoms with Crippen molar-refractivity contribution in [3.8, 4) is 0 Å². The maximum absolute atomic E-state index is 11.9. The predicted molar refractivity (Wildman–Crippen MR) is 95.0 cm³/mol. The minimum atomic E-state index is -0.195. The fourth-order valence-corrected chi connectivity index (χ4v) is 2.49. The highest BCUT2D eigenvalue weighted by atomic mass is 16.5. The second-order valence-corrected chi connectivity index (χ2v) is 5.59. The van der Waals surface area contributed by atoms with Gasteiger partial charge in [-0.05, 0) is 30.2 Å². The van der Waals surface area contributed by atoms with Crippen molar-refractivity contribution in [3.63, 3.8) is 0 Å². The van der Waals surface area contributed by atoms with Crippen LogP contribution in [0.4, 0.5) is 4.79 Å². The molecular weight excluding hydrogens is 318 g/mol. The lowest BCUT2D eigenvalue weighted by Gasteiger charge is -2.09. The van der Waals surface area contributed by atoms with Crippen LogP contribution < -0.4 is 10.6 Å². The summed E-state index contributed by atoms with van der Waals surface area (Å²) in [6.07, 6.45) is 4.12. The first-order valence-corrected chi connectivity index (χ1v) is 8.27. The van der Waals surface area contributed by atoms with Gasteiger partial charge in [-0.2, -0.15) is 0 Å². The third-order valence-electron chi connectivity index (χ3n) is 3.73. The molecule has 0 saturated heterocycles. The minimum absolute atomic E-state index is 0.195. The van der Waals surface area contributed by atoms with Crippen LogP contribution in [0.1, 0.15) is 17.7 Å². The van der Waals surface area contributed by atoms with E-state index < -0.39 is 0 Å². The van der Waals surface area contributed by atoms with Crippen molar-refractivity contribution in [1.29, 1.82) is 0 Å². The average molecular weight is 339 g/mol. The summed E-state index contributed by atoms with van der Waals surface area (Å²) in [4.78, 5) is 16.3. The molecule has 2 aromatic heterocycles. The number of amides is 2. The monoisotopic (exact) mass is 339 g/mol. The molecule has 0 aliphatic carbocycles. The second kappa shape index (κ2) is 8.84. The number of benzene rings is 1. The smallest absolute Gasteiger partial charge is 0.315 e. The number of pyridine rings is 1. The van der Waals surface area contributed by atoms with E-state index in [0.717, 1.165) is 28.6 Å². The van der Waals surface area contributed by atoms with Gasteiger partial charge in [0.1, 0.15) is 12.4 Å². The molecule has 2 N–H and O–H groups in total. The van der Waals surface area contributed by atoms with Crippen LogP contribution in [0.15, 0.2) is 59.3 Å². The number of hydrogen-bond donors (Lipinski definition) is 2. The topological polar surface area (TPSA) is 76.4 Å². The summed E-state index contributed by atoms with van der Waals surface area (Å²) in [7, 11) is 0. The zero-order chi connectivity index (χ0) is 17.3. The van der Waals surface area contributed by atoms with E-state index in [9.17, 15) is 4.79 Å². The number of nitrogens with zero attached hydrogens (tertiary/aromatic N) is 1. The molecule has 0 aliphatic heterocycles. The molecule has 2 amide bonds. The number of carbonyl (C=O) groups excluding carboxylic acids is 1. The fourth-order valence-electron chi connectivity index (χ4n) is 2.49. The Kier molecular flexibility index (Phi) is 6.01. The first-order chi connectivity index (χ1) is 12.3. The molecular formula is C19H21N3O3. The third kappa shape index (κ3) is 5.06. The Labute approximate surface area is 146 Å². The molecule has 3 aromatic rings. The molecule has 6 nitrogen and oxygen atoms in total. The third-order valence-corrected chi connectivity index (χ3v) is 3.73. The van der Waals surface area contributed by atoms with Gasteiger partial charge in [0.15, 0.2) is 0 Å². The van der Waals surface area contributed by atoms with Crippen LogP contribution >= 0.6 is 0 Å². The summed E-state index contributed by atoms with van der Waals surface area (Å²) in [5, 5.41) is 6.74. The number of aromatic nitrogens is 1. The standard InChI is InChI=1S/C19H21N3O3/c23-19(21-10-4-11-24-14-17-8-3-12-25-17)22-13-16-6-1-5-15-7-2-9-20-18(15)16/h1-3,5-9,12H,4,10-11,13-14H2,(H2,21,22,23). The van der Waals surface area contributed by atoms with Crippen LogP contribution in [-0.4, -0.2) is 24.2 Å². The molecule has 6 heteroatoms. The Morgan fingerprint density at radius 1 is 1.12 bits per heavy atom. The van der Waals surface area contributed by atoms with E-state index in [4.69, 9.17) is 9.15 Å². The predicted octanol–water partition coefficient (Wildman–Crippen LogP) is 3.23. The highest BCUT2D eigenvalue weighted by Crippen LogP contribution is 2.15. The van der Waals surface area contributed by atoms with E-state index in [2.05, 4.69) is 15.6 Å². The van der Waals surface area contributed by atoms with E-state index in [-0.39, 0.29) is 6.03 Å². The highest BCUT2D eigenvalue weighted by Gasteiger charge is 2.04. The van der Waals surface area contributed by atoms with Gasteiger partial charge in [-0.3, -0.25) is 4.98 Å². The van der Waals surface area contributed by atoms with Crippen molar-refractivity contribution in [2.24, 2.45) is 0 Å². The molecule has 0 aliphatic rings. The number of fused-ring (bicyclic) bond motifs is 1. The Morgan fingerprint density at radius 3 is 2.92 bits per heavy atom. The number of furan rings is 1. The van der Waals surface area contributed by atoms with Crippen LogP contribution in [0.3, 0.4) is 0 Å². The first kappa shape index (κ1) is 17.0. The maximum Gasteiger partial charge on any atom is 0.315 e. The van der Waals surface area contributed by atoms with Crippen LogP contribution in [0.5, 0.6) is 0 Å². The van der Waals surface area contributed by atoms with E-state index in [1.807, 2.05) is 42.5 Å². The van der Waals surface area contributed by atoms with Crippen LogP contribution in [0, 0.1) is 0 Å². The number of rotatable bonds is 8. The van der Waals surface area contributed by atoms with Crippen LogP contribution in [0.25, 0.3) is 10.9 Å². The van der Waals surface area contributed by atoms with Crippen molar-refractivity contribution in [2.45, 2.75) is 19.6 Å². The van der Waals surface area contributed by atoms with Crippen molar-refractivity contribution in [1.82, 2.24) is 15.6 Å². The van der Waals surface area contributed by atoms with Gasteiger partial charge in [-0.15, -0.1) is 0 Å². The summed E-state index contributed by atoms with van der Waals surface area (Å²) in [6, 6.07) is 13.4. The van der Waals surface area contributed by atoms with E-state index in [0.29, 0.717) is 26.3 Å². The molecule has 0 unspecified atom stereocenters. The van der Waals surface area contributed by atoms with E-state index >= 15 is 0 Å². The van der Waals surface area contributed by atoms with E-state index in [1.54, 1.807) is 12.5 Å². The molecule has 2 heterocycles. The molecule has 130 valence electrons. The van der Waals surface area contributed by atoms with Gasteiger partial charge >= 0.3 is 6.03 Å². The molecule has 0 fully saturated rings. The van der Waals surface area contributed by atoms with E-state index in [1.165, 1.54) is 0 Å². The number of ether oxygens (including phenoxy) is 1. The lowest BCUT2D eigenvalue weighted by molar-refractivity contribution is 0.104. The number of hydrogen-bond acceptors (Lipinski definition) is 4. The number of urea groups is 1. The lowest BCUT2D eigenvalue weighted by Crippen LogP contribution is -2.35. The van der Waals surface area contributed by atoms with Gasteiger partial charge in [-0.25, -0.2) is 4.79 Å². The summed E-state index contributed by atoms with van der Waals surface area (Å²) in [5.41, 5.74) is 1.91. The van der Waals surface area contributed by atoms with Crippen LogP contribution in [-0.2, 0) is 17.9 Å². The zero-order valence-corrected chi connectivity index (χ0v) is 13.9. The van der Waals surface area contributed by atoms with Gasteiger partial charge in [0.25, 0.3) is 0 Å². The first-order valence-electron chi connectivity index (χ1n) is 8.27. The summed E-state index contributed by atoms with van der Waals surface area (Å²) in [5.74, 6) is 0.800. The van der Waals surface area contributed by atoms with Gasteiger partial charge < -0.3 is 19.8 Å². The Hall–Kier alpha value is -2.86. The van der Waals surface area contributed by atoms with Crippen molar-refractivity contribution in [2.75, 3.05) is 13.2 Å². The van der Waals surface area contributed by atoms with Gasteiger partial charge in [0, 0.05) is 31.3 Å². The molecule has 0 spiro atoms. The Morgan fingerprint density at radius 2 is 2.04 bits per heavy atom. The summed E-state index contributed by atoms with van der Waals surface area (Å²) in [6.45, 7) is 2.01. The number of para-hydroxylation sites is 1. The normalized spacial score (nSPS) is 10.7. The highest BCUT2D eigenvalue weighted by molar-refractivity contribution is 5.82. The molecule has 0 bridgehead atoms. The second-order valence-electron chi connectivity index (χ2n) is 5.59. The quantitative estimate of drug-likeness (QED) is 0.618. The van der Waals surface area contributed by atoms with Crippen molar-refractivity contribution >= 4 is 16.9 Å². The SMILES string of the molecule is O=C(NCCCOCc1ccco1)NCc1cccc2cccnc12.